The van der Waals surface area contributed by atoms with Gasteiger partial charge in [-0.05, 0) is 65.7 Å². The van der Waals surface area contributed by atoms with E-state index < -0.39 is 0 Å². The molecule has 0 heterocycles. The molecule has 0 aliphatic rings. The standard InChI is InChI=1S/C26H22BrNO2/c1-2-29-23-14-12-22(13-15-23)28-17-25-24-6-4-3-5-20(24)9-16-26(25)30-18-19-7-10-21(27)11-8-19/h3-17H,2,18H2,1H3. The highest BCUT2D eigenvalue weighted by atomic mass is 79.9. The van der Waals surface area contributed by atoms with E-state index in [1.807, 2.05) is 67.7 Å². The highest BCUT2D eigenvalue weighted by Crippen LogP contribution is 2.28. The van der Waals surface area contributed by atoms with Crippen LogP contribution in [0.4, 0.5) is 5.69 Å². The summed E-state index contributed by atoms with van der Waals surface area (Å²) in [6.45, 7) is 3.12. The number of fused-ring (bicyclic) bond motifs is 1. The largest absolute Gasteiger partial charge is 0.494 e. The molecular formula is C26H22BrNO2. The number of hydrogen-bond acceptors (Lipinski definition) is 3. The third-order valence-electron chi connectivity index (χ3n) is 4.73. The van der Waals surface area contributed by atoms with Crippen LogP contribution in [0, 0.1) is 0 Å². The van der Waals surface area contributed by atoms with Gasteiger partial charge in [-0.3, -0.25) is 4.99 Å². The van der Waals surface area contributed by atoms with Crippen molar-refractivity contribution in [2.45, 2.75) is 13.5 Å². The summed E-state index contributed by atoms with van der Waals surface area (Å²) in [5.41, 5.74) is 2.95. The van der Waals surface area contributed by atoms with Crippen LogP contribution in [0.5, 0.6) is 11.5 Å². The first-order valence-corrected chi connectivity index (χ1v) is 10.7. The summed E-state index contributed by atoms with van der Waals surface area (Å²) in [6, 6.07) is 28.3. The van der Waals surface area contributed by atoms with Crippen LogP contribution < -0.4 is 9.47 Å². The van der Waals surface area contributed by atoms with E-state index in [1.54, 1.807) is 0 Å². The Kier molecular flexibility index (Phi) is 6.45. The topological polar surface area (TPSA) is 30.8 Å². The van der Waals surface area contributed by atoms with Crippen molar-refractivity contribution in [1.29, 1.82) is 0 Å². The van der Waals surface area contributed by atoms with Gasteiger partial charge < -0.3 is 9.47 Å². The lowest BCUT2D eigenvalue weighted by molar-refractivity contribution is 0.306. The lowest BCUT2D eigenvalue weighted by Crippen LogP contribution is -1.99. The molecule has 0 aliphatic heterocycles. The maximum atomic E-state index is 6.18. The Bertz CT molecular complexity index is 1150. The molecule has 150 valence electrons. The van der Waals surface area contributed by atoms with Crippen molar-refractivity contribution in [3.8, 4) is 11.5 Å². The van der Waals surface area contributed by atoms with Gasteiger partial charge in [0.05, 0.1) is 12.3 Å². The van der Waals surface area contributed by atoms with Crippen molar-refractivity contribution in [3.05, 3.63) is 101 Å². The van der Waals surface area contributed by atoms with Crippen molar-refractivity contribution < 1.29 is 9.47 Å². The predicted octanol–water partition coefficient (Wildman–Crippen LogP) is 7.33. The quantitative estimate of drug-likeness (QED) is 0.270. The molecule has 0 aliphatic carbocycles. The lowest BCUT2D eigenvalue weighted by atomic mass is 10.0. The Morgan fingerprint density at radius 3 is 2.37 bits per heavy atom. The summed E-state index contributed by atoms with van der Waals surface area (Å²) in [5.74, 6) is 1.66. The minimum Gasteiger partial charge on any atom is -0.494 e. The summed E-state index contributed by atoms with van der Waals surface area (Å²) in [4.78, 5) is 4.69. The van der Waals surface area contributed by atoms with Crippen molar-refractivity contribution in [1.82, 2.24) is 0 Å². The van der Waals surface area contributed by atoms with Gasteiger partial charge in [-0.1, -0.05) is 58.4 Å². The normalized spacial score (nSPS) is 11.1. The Morgan fingerprint density at radius 2 is 1.60 bits per heavy atom. The summed E-state index contributed by atoms with van der Waals surface area (Å²) >= 11 is 3.47. The van der Waals surface area contributed by atoms with Gasteiger partial charge in [-0.25, -0.2) is 0 Å². The second-order valence-corrected chi connectivity index (χ2v) is 7.71. The summed E-state index contributed by atoms with van der Waals surface area (Å²) in [7, 11) is 0. The van der Waals surface area contributed by atoms with E-state index in [0.717, 1.165) is 43.6 Å². The highest BCUT2D eigenvalue weighted by molar-refractivity contribution is 9.10. The number of aliphatic imine (C=N–C) groups is 1. The Labute approximate surface area is 185 Å². The number of hydrogen-bond donors (Lipinski definition) is 0. The smallest absolute Gasteiger partial charge is 0.129 e. The van der Waals surface area contributed by atoms with Gasteiger partial charge in [0.25, 0.3) is 0 Å². The molecule has 0 atom stereocenters. The highest BCUT2D eigenvalue weighted by Gasteiger charge is 2.08. The monoisotopic (exact) mass is 459 g/mol. The molecule has 30 heavy (non-hydrogen) atoms. The molecule has 4 aromatic rings. The van der Waals surface area contributed by atoms with Crippen LogP contribution in [0.2, 0.25) is 0 Å². The first-order chi connectivity index (χ1) is 14.7. The van der Waals surface area contributed by atoms with Crippen molar-refractivity contribution in [2.24, 2.45) is 4.99 Å². The number of rotatable bonds is 7. The number of ether oxygens (including phenoxy) is 2. The van der Waals surface area contributed by atoms with Crippen molar-refractivity contribution >= 4 is 38.6 Å². The van der Waals surface area contributed by atoms with Crippen LogP contribution in [0.15, 0.2) is 94.4 Å². The van der Waals surface area contributed by atoms with Gasteiger partial charge in [0.1, 0.15) is 18.1 Å². The molecule has 0 spiro atoms. The average Bonchev–Trinajstić information content (AvgIpc) is 2.78. The fourth-order valence-corrected chi connectivity index (χ4v) is 3.47. The van der Waals surface area contributed by atoms with Crippen LogP contribution in [-0.2, 0) is 6.61 Å². The fraction of sp³-hybridized carbons (Fsp3) is 0.115. The molecule has 0 saturated heterocycles. The van der Waals surface area contributed by atoms with Gasteiger partial charge in [0.15, 0.2) is 0 Å². The molecule has 4 aromatic carbocycles. The molecule has 4 rings (SSSR count). The van der Waals surface area contributed by atoms with Crippen LogP contribution in [-0.4, -0.2) is 12.8 Å². The third kappa shape index (κ3) is 4.89. The molecule has 3 nitrogen and oxygen atoms in total. The maximum absolute atomic E-state index is 6.18. The van der Waals surface area contributed by atoms with E-state index in [9.17, 15) is 0 Å². The van der Waals surface area contributed by atoms with Crippen LogP contribution in [0.1, 0.15) is 18.1 Å². The first-order valence-electron chi connectivity index (χ1n) is 9.89. The molecule has 0 bridgehead atoms. The van der Waals surface area contributed by atoms with Crippen LogP contribution in [0.3, 0.4) is 0 Å². The van der Waals surface area contributed by atoms with E-state index >= 15 is 0 Å². The van der Waals surface area contributed by atoms with Crippen LogP contribution in [0.25, 0.3) is 10.8 Å². The summed E-state index contributed by atoms with van der Waals surface area (Å²) in [6.07, 6.45) is 1.88. The molecule has 0 fully saturated rings. The van der Waals surface area contributed by atoms with E-state index in [0.29, 0.717) is 13.2 Å². The van der Waals surface area contributed by atoms with Gasteiger partial charge in [-0.2, -0.15) is 0 Å². The second kappa shape index (κ2) is 9.59. The van der Waals surface area contributed by atoms with Crippen molar-refractivity contribution in [3.63, 3.8) is 0 Å². The Balaban J connectivity index is 1.63. The van der Waals surface area contributed by atoms with Gasteiger partial charge >= 0.3 is 0 Å². The Morgan fingerprint density at radius 1 is 0.833 bits per heavy atom. The number of benzene rings is 4. The van der Waals surface area contributed by atoms with Crippen molar-refractivity contribution in [2.75, 3.05) is 6.61 Å². The minimum atomic E-state index is 0.496. The van der Waals surface area contributed by atoms with E-state index in [2.05, 4.69) is 51.3 Å². The zero-order valence-electron chi connectivity index (χ0n) is 16.7. The molecule has 0 unspecified atom stereocenters. The van der Waals surface area contributed by atoms with Gasteiger partial charge in [-0.15, -0.1) is 0 Å². The SMILES string of the molecule is CCOc1ccc(N=Cc2c(OCc3ccc(Br)cc3)ccc3ccccc23)cc1. The number of halogens is 1. The molecule has 0 amide bonds. The zero-order valence-corrected chi connectivity index (χ0v) is 18.3. The van der Waals surface area contributed by atoms with Gasteiger partial charge in [0, 0.05) is 16.3 Å². The molecule has 4 heteroatoms. The zero-order chi connectivity index (χ0) is 20.8. The second-order valence-electron chi connectivity index (χ2n) is 6.80. The predicted molar refractivity (Wildman–Crippen MR) is 127 cm³/mol. The Hall–Kier alpha value is -3.11. The molecule has 0 aromatic heterocycles. The lowest BCUT2D eigenvalue weighted by Gasteiger charge is -2.12. The fourth-order valence-electron chi connectivity index (χ4n) is 3.21. The van der Waals surface area contributed by atoms with Crippen LogP contribution >= 0.6 is 15.9 Å². The first kappa shape index (κ1) is 20.2. The van der Waals surface area contributed by atoms with E-state index in [4.69, 9.17) is 9.47 Å². The molecule has 0 radical (unpaired) electrons. The van der Waals surface area contributed by atoms with E-state index in [-0.39, 0.29) is 0 Å². The van der Waals surface area contributed by atoms with Gasteiger partial charge in [0.2, 0.25) is 0 Å². The molecule has 0 saturated carbocycles. The molecular weight excluding hydrogens is 438 g/mol. The summed E-state index contributed by atoms with van der Waals surface area (Å²) in [5, 5.41) is 2.27. The maximum Gasteiger partial charge on any atom is 0.129 e. The van der Waals surface area contributed by atoms with E-state index in [1.165, 1.54) is 0 Å². The summed E-state index contributed by atoms with van der Waals surface area (Å²) < 4.78 is 12.7. The molecule has 0 N–H and O–H groups in total. The third-order valence-corrected chi connectivity index (χ3v) is 5.26. The average molecular weight is 460 g/mol. The minimum absolute atomic E-state index is 0.496. The number of nitrogens with zero attached hydrogens (tertiary/aromatic N) is 1.